The minimum Gasteiger partial charge on any atom is -0.423 e. The molecule has 1 aromatic carbocycles. The van der Waals surface area contributed by atoms with E-state index in [4.69, 9.17) is 9.15 Å². The Morgan fingerprint density at radius 2 is 2.26 bits per heavy atom. The lowest BCUT2D eigenvalue weighted by atomic mass is 10.1. The summed E-state index contributed by atoms with van der Waals surface area (Å²) in [6.45, 7) is 4.96. The standard InChI is InChI=1S/C14H19N3O2/c1-10-8-12(14-17-15-9-19-14)4-5-13(10)16-11(2)6-7-18-3/h4-5,8-9,11,16H,6-7H2,1-3H3. The zero-order chi connectivity index (χ0) is 13.7. The van der Waals surface area contributed by atoms with Crippen molar-refractivity contribution in [1.82, 2.24) is 10.2 Å². The third-order valence-corrected chi connectivity index (χ3v) is 2.99. The minimum atomic E-state index is 0.368. The van der Waals surface area contributed by atoms with Crippen LogP contribution in [0, 0.1) is 6.92 Å². The van der Waals surface area contributed by atoms with Crippen molar-refractivity contribution in [2.24, 2.45) is 0 Å². The van der Waals surface area contributed by atoms with Crippen LogP contribution in [0.1, 0.15) is 18.9 Å². The van der Waals surface area contributed by atoms with Gasteiger partial charge in [-0.25, -0.2) is 0 Å². The van der Waals surface area contributed by atoms with Crippen LogP contribution in [-0.2, 0) is 4.74 Å². The van der Waals surface area contributed by atoms with E-state index in [0.717, 1.165) is 29.8 Å². The van der Waals surface area contributed by atoms with Crippen molar-refractivity contribution in [2.75, 3.05) is 19.0 Å². The van der Waals surface area contributed by atoms with Crippen LogP contribution in [0.2, 0.25) is 0 Å². The molecule has 1 heterocycles. The molecule has 1 unspecified atom stereocenters. The maximum absolute atomic E-state index is 5.19. The number of nitrogens with one attached hydrogen (secondary N) is 1. The number of benzene rings is 1. The van der Waals surface area contributed by atoms with Crippen LogP contribution >= 0.6 is 0 Å². The molecular weight excluding hydrogens is 242 g/mol. The number of aryl methyl sites for hydroxylation is 1. The second-order valence-corrected chi connectivity index (χ2v) is 4.60. The Hall–Kier alpha value is -1.88. The Morgan fingerprint density at radius 1 is 1.42 bits per heavy atom. The number of anilines is 1. The fourth-order valence-corrected chi connectivity index (χ4v) is 1.89. The van der Waals surface area contributed by atoms with Gasteiger partial charge in [0.05, 0.1) is 0 Å². The van der Waals surface area contributed by atoms with Crippen molar-refractivity contribution >= 4 is 5.69 Å². The average molecular weight is 261 g/mol. The molecule has 0 radical (unpaired) electrons. The Bertz CT molecular complexity index is 511. The predicted molar refractivity (Wildman–Crippen MR) is 74.0 cm³/mol. The summed E-state index contributed by atoms with van der Waals surface area (Å²) in [5.74, 6) is 0.544. The molecule has 1 N–H and O–H groups in total. The Labute approximate surface area is 113 Å². The van der Waals surface area contributed by atoms with E-state index in [2.05, 4.69) is 29.4 Å². The maximum Gasteiger partial charge on any atom is 0.247 e. The lowest BCUT2D eigenvalue weighted by Crippen LogP contribution is -2.17. The van der Waals surface area contributed by atoms with Crippen LogP contribution in [0.5, 0.6) is 0 Å². The zero-order valence-electron chi connectivity index (χ0n) is 11.5. The van der Waals surface area contributed by atoms with Crippen LogP contribution in [-0.4, -0.2) is 30.0 Å². The molecule has 0 spiro atoms. The fourth-order valence-electron chi connectivity index (χ4n) is 1.89. The van der Waals surface area contributed by atoms with Crippen LogP contribution in [0.4, 0.5) is 5.69 Å². The second-order valence-electron chi connectivity index (χ2n) is 4.60. The summed E-state index contributed by atoms with van der Waals surface area (Å²) in [5, 5.41) is 11.1. The number of nitrogens with zero attached hydrogens (tertiary/aromatic N) is 2. The van der Waals surface area contributed by atoms with Crippen LogP contribution in [0.15, 0.2) is 29.0 Å². The SMILES string of the molecule is COCCC(C)Nc1ccc(-c2nnco2)cc1C. The number of ether oxygens (including phenoxy) is 1. The molecule has 0 aliphatic heterocycles. The van der Waals surface area contributed by atoms with Gasteiger partial charge in [0, 0.05) is 31.0 Å². The molecule has 5 heteroatoms. The van der Waals surface area contributed by atoms with Crippen LogP contribution in [0.3, 0.4) is 0 Å². The molecule has 0 fully saturated rings. The van der Waals surface area contributed by atoms with Gasteiger partial charge in [0.2, 0.25) is 12.3 Å². The highest BCUT2D eigenvalue weighted by atomic mass is 16.5. The molecule has 5 nitrogen and oxygen atoms in total. The van der Waals surface area contributed by atoms with Crippen molar-refractivity contribution in [2.45, 2.75) is 26.3 Å². The molecule has 0 aliphatic carbocycles. The van der Waals surface area contributed by atoms with Crippen molar-refractivity contribution in [3.8, 4) is 11.5 Å². The first kappa shape index (κ1) is 13.5. The Kier molecular flexibility index (Phi) is 4.52. The molecule has 2 rings (SSSR count). The van der Waals surface area contributed by atoms with Gasteiger partial charge in [0.15, 0.2) is 0 Å². The quantitative estimate of drug-likeness (QED) is 0.866. The van der Waals surface area contributed by atoms with Gasteiger partial charge >= 0.3 is 0 Å². The van der Waals surface area contributed by atoms with Gasteiger partial charge in [-0.3, -0.25) is 0 Å². The molecule has 0 saturated carbocycles. The number of aromatic nitrogens is 2. The Morgan fingerprint density at radius 3 is 2.89 bits per heavy atom. The molecule has 0 amide bonds. The van der Waals surface area contributed by atoms with E-state index >= 15 is 0 Å². The van der Waals surface area contributed by atoms with Crippen molar-refractivity contribution in [3.63, 3.8) is 0 Å². The summed E-state index contributed by atoms with van der Waals surface area (Å²) >= 11 is 0. The topological polar surface area (TPSA) is 60.2 Å². The van der Waals surface area contributed by atoms with E-state index in [1.165, 1.54) is 6.39 Å². The van der Waals surface area contributed by atoms with E-state index < -0.39 is 0 Å². The van der Waals surface area contributed by atoms with Crippen LogP contribution in [0.25, 0.3) is 11.5 Å². The summed E-state index contributed by atoms with van der Waals surface area (Å²) in [6.07, 6.45) is 2.31. The van der Waals surface area contributed by atoms with E-state index in [-0.39, 0.29) is 0 Å². The first-order valence-electron chi connectivity index (χ1n) is 6.33. The fraction of sp³-hybridized carbons (Fsp3) is 0.429. The highest BCUT2D eigenvalue weighted by Gasteiger charge is 2.08. The average Bonchev–Trinajstić information content (AvgIpc) is 2.92. The number of hydrogen-bond acceptors (Lipinski definition) is 5. The molecular formula is C14H19N3O2. The molecule has 1 aromatic heterocycles. The molecule has 2 aromatic rings. The maximum atomic E-state index is 5.19. The second kappa shape index (κ2) is 6.33. The van der Waals surface area contributed by atoms with E-state index in [9.17, 15) is 0 Å². The smallest absolute Gasteiger partial charge is 0.247 e. The van der Waals surface area contributed by atoms with Gasteiger partial charge in [0.25, 0.3) is 0 Å². The van der Waals surface area contributed by atoms with Gasteiger partial charge in [-0.05, 0) is 44.0 Å². The van der Waals surface area contributed by atoms with Crippen molar-refractivity contribution in [1.29, 1.82) is 0 Å². The summed E-state index contributed by atoms with van der Waals surface area (Å²) in [7, 11) is 1.72. The lowest BCUT2D eigenvalue weighted by molar-refractivity contribution is 0.191. The number of rotatable bonds is 6. The number of methoxy groups -OCH3 is 1. The normalized spacial score (nSPS) is 12.4. The third kappa shape index (κ3) is 3.54. The van der Waals surface area contributed by atoms with Gasteiger partial charge in [-0.1, -0.05) is 0 Å². The largest absolute Gasteiger partial charge is 0.423 e. The van der Waals surface area contributed by atoms with Crippen LogP contribution < -0.4 is 5.32 Å². The van der Waals surface area contributed by atoms with Crippen molar-refractivity contribution in [3.05, 3.63) is 30.2 Å². The highest BCUT2D eigenvalue weighted by Crippen LogP contribution is 2.23. The molecule has 19 heavy (non-hydrogen) atoms. The molecule has 0 saturated heterocycles. The van der Waals surface area contributed by atoms with Gasteiger partial charge < -0.3 is 14.5 Å². The van der Waals surface area contributed by atoms with E-state index in [1.54, 1.807) is 7.11 Å². The molecule has 102 valence electrons. The molecule has 0 aliphatic rings. The monoisotopic (exact) mass is 261 g/mol. The molecule has 1 atom stereocenters. The Balaban J connectivity index is 2.07. The third-order valence-electron chi connectivity index (χ3n) is 2.99. The van der Waals surface area contributed by atoms with Crippen molar-refractivity contribution < 1.29 is 9.15 Å². The summed E-state index contributed by atoms with van der Waals surface area (Å²) in [6, 6.07) is 6.43. The minimum absolute atomic E-state index is 0.368. The summed E-state index contributed by atoms with van der Waals surface area (Å²) in [5.41, 5.74) is 3.21. The van der Waals surface area contributed by atoms with E-state index in [1.807, 2.05) is 18.2 Å². The zero-order valence-corrected chi connectivity index (χ0v) is 11.5. The lowest BCUT2D eigenvalue weighted by Gasteiger charge is -2.17. The van der Waals surface area contributed by atoms with Gasteiger partial charge in [-0.15, -0.1) is 10.2 Å². The first-order chi connectivity index (χ1) is 9.20. The van der Waals surface area contributed by atoms with E-state index in [0.29, 0.717) is 11.9 Å². The first-order valence-corrected chi connectivity index (χ1v) is 6.33. The predicted octanol–water partition coefficient (Wildman–Crippen LogP) is 2.88. The number of hydrogen-bond donors (Lipinski definition) is 1. The highest BCUT2D eigenvalue weighted by molar-refractivity contribution is 5.62. The summed E-state index contributed by atoms with van der Waals surface area (Å²) < 4.78 is 10.3. The molecule has 0 bridgehead atoms. The summed E-state index contributed by atoms with van der Waals surface area (Å²) in [4.78, 5) is 0. The van der Waals surface area contributed by atoms with Gasteiger partial charge in [0.1, 0.15) is 0 Å². The van der Waals surface area contributed by atoms with Gasteiger partial charge in [-0.2, -0.15) is 0 Å².